The second-order valence-electron chi connectivity index (χ2n) is 4.24. The van der Waals surface area contributed by atoms with E-state index in [0.29, 0.717) is 12.2 Å². The molecule has 2 heterocycles. The highest BCUT2D eigenvalue weighted by Gasteiger charge is 2.09. The number of pyridine rings is 1. The number of nitrogens with one attached hydrogen (secondary N) is 1. The molecule has 20 heavy (non-hydrogen) atoms. The molecule has 2 N–H and O–H groups in total. The van der Waals surface area contributed by atoms with Crippen LogP contribution in [0.4, 0.5) is 5.69 Å². The lowest BCUT2D eigenvalue weighted by Crippen LogP contribution is -2.25. The fourth-order valence-electron chi connectivity index (χ4n) is 1.72. The summed E-state index contributed by atoms with van der Waals surface area (Å²) in [6, 6.07) is 3.83. The molecule has 0 aliphatic heterocycles. The van der Waals surface area contributed by atoms with Crippen LogP contribution >= 0.6 is 11.6 Å². The Morgan fingerprint density at radius 3 is 3.00 bits per heavy atom. The van der Waals surface area contributed by atoms with Crippen molar-refractivity contribution in [2.45, 2.75) is 20.0 Å². The number of hydrogen-bond donors (Lipinski definition) is 2. The molecule has 2 aromatic rings. The Bertz CT molecular complexity index is 657. The molecule has 0 amide bonds. The zero-order valence-corrected chi connectivity index (χ0v) is 11.8. The molecule has 0 aliphatic carbocycles. The van der Waals surface area contributed by atoms with E-state index in [1.165, 1.54) is 6.20 Å². The largest absolute Gasteiger partial charge is 0.394 e. The van der Waals surface area contributed by atoms with Gasteiger partial charge in [0.25, 0.3) is 5.56 Å². The number of halogens is 1. The minimum atomic E-state index is -0.427. The molecule has 0 bridgehead atoms. The molecule has 0 radical (unpaired) electrons. The third kappa shape index (κ3) is 3.15. The van der Waals surface area contributed by atoms with Crippen LogP contribution in [0.3, 0.4) is 0 Å². The van der Waals surface area contributed by atoms with Crippen molar-refractivity contribution in [3.8, 4) is 0 Å². The van der Waals surface area contributed by atoms with Crippen LogP contribution in [0.2, 0.25) is 5.02 Å². The Labute approximate surface area is 121 Å². The zero-order valence-electron chi connectivity index (χ0n) is 11.0. The molecule has 2 aromatic heterocycles. The van der Waals surface area contributed by atoms with Gasteiger partial charge in [-0.2, -0.15) is 5.10 Å². The summed E-state index contributed by atoms with van der Waals surface area (Å²) in [5, 5.41) is 15.9. The number of aryl methyl sites for hydroxylation is 1. The number of aliphatic hydroxyl groups excluding tert-OH is 1. The number of rotatable bonds is 5. The molecule has 0 aliphatic rings. The van der Waals surface area contributed by atoms with E-state index >= 15 is 0 Å². The highest BCUT2D eigenvalue weighted by molar-refractivity contribution is 6.32. The van der Waals surface area contributed by atoms with Gasteiger partial charge in [0.1, 0.15) is 5.02 Å². The van der Waals surface area contributed by atoms with Crippen molar-refractivity contribution in [2.24, 2.45) is 0 Å². The molecule has 0 unspecified atom stereocenters. The van der Waals surface area contributed by atoms with E-state index in [4.69, 9.17) is 16.7 Å². The number of aliphatic hydroxyl groups is 1. The first-order chi connectivity index (χ1) is 9.63. The van der Waals surface area contributed by atoms with Crippen LogP contribution in [0.1, 0.15) is 11.3 Å². The normalized spacial score (nSPS) is 10.6. The number of hydrogen-bond acceptors (Lipinski definition) is 5. The van der Waals surface area contributed by atoms with Gasteiger partial charge < -0.3 is 10.4 Å². The summed E-state index contributed by atoms with van der Waals surface area (Å²) < 4.78 is 1.12. The van der Waals surface area contributed by atoms with Gasteiger partial charge in [0.2, 0.25) is 0 Å². The minimum Gasteiger partial charge on any atom is -0.394 e. The summed E-state index contributed by atoms with van der Waals surface area (Å²) in [6.45, 7) is 2.38. The summed E-state index contributed by atoms with van der Waals surface area (Å²) in [5.41, 5.74) is 1.96. The molecular formula is C13H15ClN4O2. The Morgan fingerprint density at radius 2 is 2.30 bits per heavy atom. The standard InChI is InChI=1S/C13H15ClN4O2/c1-9-3-2-4-15-10(9)7-16-11-8-17-18(5-6-19)13(20)12(11)14/h2-4,8,16,19H,5-7H2,1H3. The lowest BCUT2D eigenvalue weighted by molar-refractivity contribution is 0.266. The average Bonchev–Trinajstić information content (AvgIpc) is 2.45. The average molecular weight is 295 g/mol. The van der Waals surface area contributed by atoms with Crippen molar-refractivity contribution in [2.75, 3.05) is 11.9 Å². The summed E-state index contributed by atoms with van der Waals surface area (Å²) in [4.78, 5) is 16.1. The van der Waals surface area contributed by atoms with Crippen molar-refractivity contribution in [3.63, 3.8) is 0 Å². The van der Waals surface area contributed by atoms with E-state index in [2.05, 4.69) is 15.4 Å². The summed E-state index contributed by atoms with van der Waals surface area (Å²) in [5.74, 6) is 0. The van der Waals surface area contributed by atoms with Crippen molar-refractivity contribution < 1.29 is 5.11 Å². The number of nitrogens with zero attached hydrogens (tertiary/aromatic N) is 3. The van der Waals surface area contributed by atoms with Gasteiger partial charge in [0.05, 0.1) is 37.3 Å². The predicted octanol–water partition coefficient (Wildman–Crippen LogP) is 1.20. The van der Waals surface area contributed by atoms with E-state index in [-0.39, 0.29) is 18.2 Å². The SMILES string of the molecule is Cc1cccnc1CNc1cnn(CCO)c(=O)c1Cl. The van der Waals surface area contributed by atoms with Gasteiger partial charge in [-0.1, -0.05) is 17.7 Å². The van der Waals surface area contributed by atoms with Crippen LogP contribution < -0.4 is 10.9 Å². The summed E-state index contributed by atoms with van der Waals surface area (Å²) in [7, 11) is 0. The monoisotopic (exact) mass is 294 g/mol. The van der Waals surface area contributed by atoms with Gasteiger partial charge in [0, 0.05) is 6.20 Å². The van der Waals surface area contributed by atoms with Crippen molar-refractivity contribution in [3.05, 3.63) is 51.2 Å². The topological polar surface area (TPSA) is 80.0 Å². The van der Waals surface area contributed by atoms with Crippen LogP contribution in [0.5, 0.6) is 0 Å². The first-order valence-corrected chi connectivity index (χ1v) is 6.52. The molecule has 0 saturated carbocycles. The maximum Gasteiger partial charge on any atom is 0.287 e. The first kappa shape index (κ1) is 14.5. The quantitative estimate of drug-likeness (QED) is 0.866. The zero-order chi connectivity index (χ0) is 14.5. The maximum atomic E-state index is 11.9. The second kappa shape index (κ2) is 6.49. The molecule has 7 heteroatoms. The molecule has 2 rings (SSSR count). The second-order valence-corrected chi connectivity index (χ2v) is 4.62. The predicted molar refractivity (Wildman–Crippen MR) is 76.9 cm³/mol. The molecule has 0 saturated heterocycles. The van der Waals surface area contributed by atoms with E-state index in [1.54, 1.807) is 6.20 Å². The van der Waals surface area contributed by atoms with Crippen molar-refractivity contribution in [1.29, 1.82) is 0 Å². The lowest BCUT2D eigenvalue weighted by Gasteiger charge is -2.10. The third-order valence-electron chi connectivity index (χ3n) is 2.86. The summed E-state index contributed by atoms with van der Waals surface area (Å²) >= 11 is 6.00. The molecule has 0 fully saturated rings. The lowest BCUT2D eigenvalue weighted by atomic mass is 10.2. The highest BCUT2D eigenvalue weighted by atomic mass is 35.5. The first-order valence-electron chi connectivity index (χ1n) is 6.14. The Kier molecular flexibility index (Phi) is 4.70. The van der Waals surface area contributed by atoms with E-state index < -0.39 is 5.56 Å². The molecule has 0 spiro atoms. The van der Waals surface area contributed by atoms with Crippen LogP contribution in [-0.4, -0.2) is 26.5 Å². The van der Waals surface area contributed by atoms with Gasteiger partial charge in [0.15, 0.2) is 0 Å². The highest BCUT2D eigenvalue weighted by Crippen LogP contribution is 2.16. The molecule has 0 atom stereocenters. The van der Waals surface area contributed by atoms with E-state index in [1.807, 2.05) is 19.1 Å². The van der Waals surface area contributed by atoms with Crippen molar-refractivity contribution in [1.82, 2.24) is 14.8 Å². The van der Waals surface area contributed by atoms with E-state index in [0.717, 1.165) is 15.9 Å². The fraction of sp³-hybridized carbons (Fsp3) is 0.308. The third-order valence-corrected chi connectivity index (χ3v) is 3.23. The van der Waals surface area contributed by atoms with Crippen LogP contribution in [0, 0.1) is 6.92 Å². The fourth-order valence-corrected chi connectivity index (χ4v) is 1.94. The number of anilines is 1. The van der Waals surface area contributed by atoms with Crippen LogP contribution in [0.25, 0.3) is 0 Å². The van der Waals surface area contributed by atoms with Gasteiger partial charge in [-0.3, -0.25) is 9.78 Å². The molecule has 106 valence electrons. The number of aromatic nitrogens is 3. The van der Waals surface area contributed by atoms with Gasteiger partial charge >= 0.3 is 0 Å². The Balaban J connectivity index is 2.17. The maximum absolute atomic E-state index is 11.9. The summed E-state index contributed by atoms with van der Waals surface area (Å²) in [6.07, 6.45) is 3.18. The minimum absolute atomic E-state index is 0.0574. The smallest absolute Gasteiger partial charge is 0.287 e. The Morgan fingerprint density at radius 1 is 1.50 bits per heavy atom. The van der Waals surface area contributed by atoms with Gasteiger partial charge in [-0.25, -0.2) is 4.68 Å². The van der Waals surface area contributed by atoms with Gasteiger partial charge in [-0.05, 0) is 18.6 Å². The van der Waals surface area contributed by atoms with Crippen LogP contribution in [0.15, 0.2) is 29.3 Å². The molecule has 6 nitrogen and oxygen atoms in total. The van der Waals surface area contributed by atoms with Crippen LogP contribution in [-0.2, 0) is 13.1 Å². The molecular weight excluding hydrogens is 280 g/mol. The van der Waals surface area contributed by atoms with Gasteiger partial charge in [-0.15, -0.1) is 0 Å². The Hall–Kier alpha value is -1.92. The van der Waals surface area contributed by atoms with Crippen molar-refractivity contribution >= 4 is 17.3 Å². The molecule has 0 aromatic carbocycles. The van der Waals surface area contributed by atoms with E-state index in [9.17, 15) is 4.79 Å².